The molecule has 1 aromatic carbocycles. The standard InChI is InChI=1S/C17H17NO4/c1-22-12-6-4-11(5-7-12)16(19)15-9-8-14-13(17(20)21)3-2-10-18(14)15/h4-9,13H,2-3,10H2,1H3,(H,20,21). The SMILES string of the molecule is COc1ccc(C(=O)c2ccc3n2CCCC3C(=O)O)cc1. The number of carbonyl (C=O) groups is 2. The van der Waals surface area contributed by atoms with Crippen LogP contribution in [0.1, 0.15) is 40.5 Å². The predicted molar refractivity (Wildman–Crippen MR) is 80.5 cm³/mol. The van der Waals surface area contributed by atoms with Gasteiger partial charge in [-0.1, -0.05) is 0 Å². The molecule has 114 valence electrons. The van der Waals surface area contributed by atoms with E-state index < -0.39 is 11.9 Å². The van der Waals surface area contributed by atoms with Gasteiger partial charge in [-0.05, 0) is 49.2 Å². The van der Waals surface area contributed by atoms with E-state index in [2.05, 4.69) is 0 Å². The number of ether oxygens (including phenoxy) is 1. The first-order valence-corrected chi connectivity index (χ1v) is 7.23. The summed E-state index contributed by atoms with van der Waals surface area (Å²) in [6.07, 6.45) is 1.39. The second kappa shape index (κ2) is 5.67. The highest BCUT2D eigenvalue weighted by Crippen LogP contribution is 2.30. The van der Waals surface area contributed by atoms with E-state index in [1.165, 1.54) is 0 Å². The Morgan fingerprint density at radius 3 is 2.55 bits per heavy atom. The number of ketones is 1. The second-order valence-electron chi connectivity index (χ2n) is 5.39. The van der Waals surface area contributed by atoms with E-state index >= 15 is 0 Å². The molecule has 1 aromatic heterocycles. The summed E-state index contributed by atoms with van der Waals surface area (Å²) in [4.78, 5) is 24.0. The molecule has 1 unspecified atom stereocenters. The normalized spacial score (nSPS) is 16.9. The molecule has 2 aromatic rings. The maximum atomic E-state index is 12.6. The average Bonchev–Trinajstić information content (AvgIpc) is 2.98. The quantitative estimate of drug-likeness (QED) is 0.881. The van der Waals surface area contributed by atoms with E-state index in [0.29, 0.717) is 30.0 Å². The smallest absolute Gasteiger partial charge is 0.312 e. The van der Waals surface area contributed by atoms with Crippen LogP contribution in [0.25, 0.3) is 0 Å². The molecule has 2 heterocycles. The Bertz CT molecular complexity index is 715. The van der Waals surface area contributed by atoms with Crippen molar-refractivity contribution in [3.8, 4) is 5.75 Å². The number of benzene rings is 1. The molecule has 1 atom stereocenters. The zero-order chi connectivity index (χ0) is 15.7. The van der Waals surface area contributed by atoms with Gasteiger partial charge in [-0.15, -0.1) is 0 Å². The summed E-state index contributed by atoms with van der Waals surface area (Å²) in [5.41, 5.74) is 1.83. The lowest BCUT2D eigenvalue weighted by atomic mass is 9.96. The molecule has 0 saturated carbocycles. The summed E-state index contributed by atoms with van der Waals surface area (Å²) in [6.45, 7) is 0.684. The van der Waals surface area contributed by atoms with Crippen molar-refractivity contribution in [3.63, 3.8) is 0 Å². The number of carboxylic acid groups (broad SMARTS) is 1. The van der Waals surface area contributed by atoms with Crippen LogP contribution in [-0.2, 0) is 11.3 Å². The molecule has 0 aliphatic carbocycles. The third-order valence-corrected chi connectivity index (χ3v) is 4.13. The summed E-state index contributed by atoms with van der Waals surface area (Å²) in [7, 11) is 1.58. The van der Waals surface area contributed by atoms with Crippen molar-refractivity contribution >= 4 is 11.8 Å². The zero-order valence-corrected chi connectivity index (χ0v) is 12.3. The van der Waals surface area contributed by atoms with Gasteiger partial charge in [0.1, 0.15) is 5.75 Å². The molecule has 22 heavy (non-hydrogen) atoms. The van der Waals surface area contributed by atoms with Crippen LogP contribution in [0.5, 0.6) is 5.75 Å². The lowest BCUT2D eigenvalue weighted by molar-refractivity contribution is -0.139. The maximum Gasteiger partial charge on any atom is 0.312 e. The Hall–Kier alpha value is -2.56. The van der Waals surface area contributed by atoms with Gasteiger partial charge >= 0.3 is 5.97 Å². The highest BCUT2D eigenvalue weighted by atomic mass is 16.5. The van der Waals surface area contributed by atoms with Gasteiger partial charge in [-0.2, -0.15) is 0 Å². The largest absolute Gasteiger partial charge is 0.497 e. The predicted octanol–water partition coefficient (Wildman–Crippen LogP) is 2.69. The number of carboxylic acids is 1. The van der Waals surface area contributed by atoms with Gasteiger partial charge in [-0.25, -0.2) is 0 Å². The Kier molecular flexibility index (Phi) is 3.71. The summed E-state index contributed by atoms with van der Waals surface area (Å²) < 4.78 is 6.93. The first kappa shape index (κ1) is 14.4. The van der Waals surface area contributed by atoms with Crippen LogP contribution in [0.15, 0.2) is 36.4 Å². The second-order valence-corrected chi connectivity index (χ2v) is 5.39. The minimum absolute atomic E-state index is 0.0973. The van der Waals surface area contributed by atoms with Crippen molar-refractivity contribution in [1.82, 2.24) is 4.57 Å². The van der Waals surface area contributed by atoms with Crippen molar-refractivity contribution in [2.75, 3.05) is 7.11 Å². The van der Waals surface area contributed by atoms with E-state index in [4.69, 9.17) is 4.74 Å². The van der Waals surface area contributed by atoms with E-state index in [1.54, 1.807) is 43.5 Å². The first-order valence-electron chi connectivity index (χ1n) is 7.23. The average molecular weight is 299 g/mol. The van der Waals surface area contributed by atoms with E-state index in [1.807, 2.05) is 4.57 Å². The molecule has 3 rings (SSSR count). The molecule has 0 saturated heterocycles. The van der Waals surface area contributed by atoms with Crippen molar-refractivity contribution < 1.29 is 19.4 Å². The molecular formula is C17H17NO4. The molecule has 0 amide bonds. The van der Waals surface area contributed by atoms with Gasteiger partial charge in [-0.3, -0.25) is 9.59 Å². The number of hydrogen-bond acceptors (Lipinski definition) is 3. The Morgan fingerprint density at radius 1 is 1.18 bits per heavy atom. The molecule has 1 aliphatic rings. The molecule has 0 fully saturated rings. The van der Waals surface area contributed by atoms with Gasteiger partial charge in [0.15, 0.2) is 0 Å². The number of aliphatic carboxylic acids is 1. The van der Waals surface area contributed by atoms with Crippen LogP contribution in [-0.4, -0.2) is 28.5 Å². The molecule has 1 aliphatic heterocycles. The van der Waals surface area contributed by atoms with Crippen LogP contribution >= 0.6 is 0 Å². The zero-order valence-electron chi connectivity index (χ0n) is 12.3. The first-order chi connectivity index (χ1) is 10.6. The lowest BCUT2D eigenvalue weighted by Crippen LogP contribution is -2.23. The molecule has 5 nitrogen and oxygen atoms in total. The van der Waals surface area contributed by atoms with Gasteiger partial charge in [0, 0.05) is 17.8 Å². The van der Waals surface area contributed by atoms with Gasteiger partial charge in [0.05, 0.1) is 18.7 Å². The number of carbonyl (C=O) groups excluding carboxylic acids is 1. The van der Waals surface area contributed by atoms with Crippen LogP contribution < -0.4 is 4.74 Å². The molecule has 0 spiro atoms. The van der Waals surface area contributed by atoms with E-state index in [0.717, 1.165) is 12.1 Å². The van der Waals surface area contributed by atoms with Crippen molar-refractivity contribution in [1.29, 1.82) is 0 Å². The van der Waals surface area contributed by atoms with Gasteiger partial charge < -0.3 is 14.4 Å². The highest BCUT2D eigenvalue weighted by molar-refractivity contribution is 6.08. The molecule has 5 heteroatoms. The van der Waals surface area contributed by atoms with Gasteiger partial charge in [0.25, 0.3) is 0 Å². The highest BCUT2D eigenvalue weighted by Gasteiger charge is 2.29. The Balaban J connectivity index is 1.95. The fraction of sp³-hybridized carbons (Fsp3) is 0.294. The molecule has 1 N–H and O–H groups in total. The van der Waals surface area contributed by atoms with E-state index in [9.17, 15) is 14.7 Å². The summed E-state index contributed by atoms with van der Waals surface area (Å²) in [5.74, 6) is -0.756. The minimum atomic E-state index is -0.831. The van der Waals surface area contributed by atoms with Crippen LogP contribution in [0.3, 0.4) is 0 Å². The third kappa shape index (κ3) is 2.39. The molecule has 0 radical (unpaired) electrons. The fourth-order valence-electron chi connectivity index (χ4n) is 2.98. The number of methoxy groups -OCH3 is 1. The number of nitrogens with zero attached hydrogens (tertiary/aromatic N) is 1. The minimum Gasteiger partial charge on any atom is -0.497 e. The van der Waals surface area contributed by atoms with Gasteiger partial charge in [0.2, 0.25) is 5.78 Å². The number of rotatable bonds is 4. The Morgan fingerprint density at radius 2 is 1.91 bits per heavy atom. The van der Waals surface area contributed by atoms with Crippen molar-refractivity contribution in [3.05, 3.63) is 53.3 Å². The number of hydrogen-bond donors (Lipinski definition) is 1. The van der Waals surface area contributed by atoms with E-state index in [-0.39, 0.29) is 5.78 Å². The summed E-state index contributed by atoms with van der Waals surface area (Å²) in [6, 6.07) is 10.4. The summed E-state index contributed by atoms with van der Waals surface area (Å²) in [5, 5.41) is 9.30. The molecule has 0 bridgehead atoms. The van der Waals surface area contributed by atoms with Crippen LogP contribution in [0.2, 0.25) is 0 Å². The topological polar surface area (TPSA) is 68.5 Å². The van der Waals surface area contributed by atoms with Crippen molar-refractivity contribution in [2.45, 2.75) is 25.3 Å². The third-order valence-electron chi connectivity index (χ3n) is 4.13. The van der Waals surface area contributed by atoms with Crippen LogP contribution in [0, 0.1) is 0 Å². The number of fused-ring (bicyclic) bond motifs is 1. The monoisotopic (exact) mass is 299 g/mol. The Labute approximate surface area is 128 Å². The maximum absolute atomic E-state index is 12.6. The summed E-state index contributed by atoms with van der Waals surface area (Å²) >= 11 is 0. The van der Waals surface area contributed by atoms with Crippen molar-refractivity contribution in [2.24, 2.45) is 0 Å². The lowest BCUT2D eigenvalue weighted by Gasteiger charge is -2.23. The fourth-order valence-corrected chi connectivity index (χ4v) is 2.98. The number of aromatic nitrogens is 1. The van der Waals surface area contributed by atoms with Crippen LogP contribution in [0.4, 0.5) is 0 Å². The molecular weight excluding hydrogens is 282 g/mol.